The number of pyridine rings is 1. The van der Waals surface area contributed by atoms with Crippen LogP contribution in [-0.4, -0.2) is 51.4 Å². The number of aryl methyl sites for hydroxylation is 1. The van der Waals surface area contributed by atoms with Crippen molar-refractivity contribution >= 4 is 45.0 Å². The Morgan fingerprint density at radius 3 is 1.66 bits per heavy atom. The molecule has 0 radical (unpaired) electrons. The lowest BCUT2D eigenvalue weighted by Gasteiger charge is -2.15. The number of halogens is 1. The van der Waals surface area contributed by atoms with Crippen molar-refractivity contribution < 1.29 is 31.1 Å². The molecule has 0 atom stereocenters. The third kappa shape index (κ3) is 5.25. The van der Waals surface area contributed by atoms with E-state index in [0.717, 1.165) is 32.2 Å². The molecule has 0 saturated heterocycles. The van der Waals surface area contributed by atoms with Crippen LogP contribution in [0, 0.1) is 0 Å². The lowest BCUT2D eigenvalue weighted by Crippen LogP contribution is -3.00. The van der Waals surface area contributed by atoms with Gasteiger partial charge < -0.3 is 26.8 Å². The van der Waals surface area contributed by atoms with Gasteiger partial charge in [0.1, 0.15) is 6.54 Å². The highest BCUT2D eigenvalue weighted by atomic mass is 79.9. The number of amides is 2. The predicted octanol–water partition coefficient (Wildman–Crippen LogP) is 2.27. The second kappa shape index (κ2) is 11.5. The first-order valence-corrected chi connectivity index (χ1v) is 13.1. The minimum Gasteiger partial charge on any atom is -1.00 e. The summed E-state index contributed by atoms with van der Waals surface area (Å²) in [5.41, 5.74) is 5.90. The van der Waals surface area contributed by atoms with Crippen molar-refractivity contribution in [3.8, 4) is 0 Å². The van der Waals surface area contributed by atoms with Gasteiger partial charge in [-0.15, -0.1) is 0 Å². The molecule has 0 N–H and O–H groups in total. The Labute approximate surface area is 235 Å². The third-order valence-corrected chi connectivity index (χ3v) is 7.35. The van der Waals surface area contributed by atoms with Crippen molar-refractivity contribution in [2.75, 3.05) is 44.5 Å². The zero-order valence-electron chi connectivity index (χ0n) is 22.6. The summed E-state index contributed by atoms with van der Waals surface area (Å²) in [6.07, 6.45) is 3.86. The molecule has 2 heterocycles. The van der Waals surface area contributed by atoms with E-state index < -0.39 is 0 Å². The molecule has 2 amide bonds. The van der Waals surface area contributed by atoms with E-state index in [1.807, 2.05) is 12.1 Å². The monoisotopic (exact) mass is 574 g/mol. The van der Waals surface area contributed by atoms with Gasteiger partial charge in [-0.05, 0) is 55.3 Å². The number of hydrogen-bond acceptors (Lipinski definition) is 4. The van der Waals surface area contributed by atoms with Gasteiger partial charge in [0, 0.05) is 75.4 Å². The van der Waals surface area contributed by atoms with Gasteiger partial charge in [0.05, 0.1) is 11.1 Å². The summed E-state index contributed by atoms with van der Waals surface area (Å²) in [5.74, 6) is -0.321. The van der Waals surface area contributed by atoms with Crippen molar-refractivity contribution in [1.29, 1.82) is 0 Å². The minimum absolute atomic E-state index is 0. The van der Waals surface area contributed by atoms with E-state index in [1.165, 1.54) is 38.1 Å². The summed E-state index contributed by atoms with van der Waals surface area (Å²) in [7, 11) is 8.30. The predicted molar refractivity (Wildman–Crippen MR) is 151 cm³/mol. The fraction of sp³-hybridized carbons (Fsp3) is 0.323. The van der Waals surface area contributed by atoms with Crippen LogP contribution in [0.1, 0.15) is 46.4 Å². The van der Waals surface area contributed by atoms with E-state index in [0.29, 0.717) is 17.7 Å². The van der Waals surface area contributed by atoms with E-state index >= 15 is 0 Å². The van der Waals surface area contributed by atoms with Crippen LogP contribution in [0.15, 0.2) is 66.7 Å². The van der Waals surface area contributed by atoms with E-state index in [1.54, 1.807) is 12.1 Å². The Morgan fingerprint density at radius 2 is 1.16 bits per heavy atom. The topological polar surface area (TPSA) is 47.7 Å². The largest absolute Gasteiger partial charge is 1.00 e. The number of carbonyl (C=O) groups is 2. The molecule has 38 heavy (non-hydrogen) atoms. The van der Waals surface area contributed by atoms with Gasteiger partial charge in [0.2, 0.25) is 11.0 Å². The summed E-state index contributed by atoms with van der Waals surface area (Å²) >= 11 is 0. The number of benzene rings is 3. The number of nitrogens with zero attached hydrogens (tertiary/aromatic N) is 4. The van der Waals surface area contributed by atoms with Crippen LogP contribution in [0.25, 0.3) is 21.8 Å². The molecular weight excluding hydrogens is 540 g/mol. The Hall–Kier alpha value is -3.45. The van der Waals surface area contributed by atoms with Crippen molar-refractivity contribution in [2.24, 2.45) is 0 Å². The Balaban J connectivity index is 0.00000336. The zero-order valence-corrected chi connectivity index (χ0v) is 24.2. The fourth-order valence-corrected chi connectivity index (χ4v) is 5.21. The van der Waals surface area contributed by atoms with Gasteiger partial charge in [0.25, 0.3) is 11.8 Å². The first-order valence-electron chi connectivity index (χ1n) is 13.1. The van der Waals surface area contributed by atoms with Gasteiger partial charge in [0.15, 0.2) is 0 Å². The molecule has 0 fully saturated rings. The van der Waals surface area contributed by atoms with Crippen molar-refractivity contribution in [3.63, 3.8) is 0 Å². The lowest BCUT2D eigenvalue weighted by molar-refractivity contribution is -0.645. The molecule has 3 aromatic carbocycles. The second-order valence-electron chi connectivity index (χ2n) is 10.3. The van der Waals surface area contributed by atoms with Crippen LogP contribution in [-0.2, 0) is 6.54 Å². The maximum atomic E-state index is 12.6. The van der Waals surface area contributed by atoms with Crippen LogP contribution in [0.4, 0.5) is 11.4 Å². The quantitative estimate of drug-likeness (QED) is 0.133. The first-order chi connectivity index (χ1) is 17.8. The highest BCUT2D eigenvalue weighted by molar-refractivity contribution is 6.21. The second-order valence-corrected chi connectivity index (χ2v) is 10.3. The number of anilines is 2. The van der Waals surface area contributed by atoms with Crippen LogP contribution in [0.3, 0.4) is 0 Å². The summed E-state index contributed by atoms with van der Waals surface area (Å²) in [5, 5.41) is 2.47. The van der Waals surface area contributed by atoms with Crippen molar-refractivity contribution in [2.45, 2.75) is 32.2 Å². The summed E-state index contributed by atoms with van der Waals surface area (Å²) in [4.78, 5) is 30.9. The number of unbranched alkanes of at least 4 members (excludes halogenated alkanes) is 3. The first kappa shape index (κ1) is 27.6. The number of fused-ring (bicyclic) bond motifs is 3. The molecule has 0 spiro atoms. The maximum absolute atomic E-state index is 12.6. The number of rotatable bonds is 9. The van der Waals surface area contributed by atoms with E-state index in [4.69, 9.17) is 0 Å². The molecule has 5 rings (SSSR count). The smallest absolute Gasteiger partial charge is 0.261 e. The Morgan fingerprint density at radius 1 is 0.658 bits per heavy atom. The van der Waals surface area contributed by atoms with Gasteiger partial charge in [-0.3, -0.25) is 14.5 Å². The molecule has 0 saturated carbocycles. The SMILES string of the molecule is CN(C)c1ccc2cc3ccc(N(C)C)cc3[n+](CCCCCCN3C(=O)c4ccccc4C3=O)c2c1.[Br-]. The highest BCUT2D eigenvalue weighted by Crippen LogP contribution is 2.26. The van der Waals surface area contributed by atoms with Gasteiger partial charge >= 0.3 is 0 Å². The molecular formula is C31H35BrN4O2. The molecule has 0 unspecified atom stereocenters. The average molecular weight is 576 g/mol. The molecule has 7 heteroatoms. The Kier molecular flexibility index (Phi) is 8.36. The van der Waals surface area contributed by atoms with Crippen LogP contribution in [0.2, 0.25) is 0 Å². The van der Waals surface area contributed by atoms with E-state index in [9.17, 15) is 9.59 Å². The minimum atomic E-state index is -0.160. The molecule has 1 aliphatic heterocycles. The van der Waals surface area contributed by atoms with Crippen LogP contribution in [0.5, 0.6) is 0 Å². The highest BCUT2D eigenvalue weighted by Gasteiger charge is 2.34. The van der Waals surface area contributed by atoms with Crippen LogP contribution < -0.4 is 31.3 Å². The summed E-state index contributed by atoms with van der Waals surface area (Å²) in [6.45, 7) is 1.39. The molecule has 1 aliphatic rings. The van der Waals surface area contributed by atoms with Gasteiger partial charge in [-0.1, -0.05) is 18.6 Å². The van der Waals surface area contributed by atoms with Gasteiger partial charge in [-0.2, -0.15) is 4.57 Å². The average Bonchev–Trinajstić information content (AvgIpc) is 3.14. The molecule has 1 aromatic heterocycles. The number of hydrogen-bond donors (Lipinski definition) is 0. The van der Waals surface area contributed by atoms with E-state index in [2.05, 4.69) is 85.0 Å². The van der Waals surface area contributed by atoms with Crippen LogP contribution >= 0.6 is 0 Å². The maximum Gasteiger partial charge on any atom is 0.261 e. The Bertz CT molecular complexity index is 1400. The molecule has 0 bridgehead atoms. The fourth-order valence-electron chi connectivity index (χ4n) is 5.21. The molecule has 6 nitrogen and oxygen atoms in total. The number of carbonyl (C=O) groups excluding carboxylic acids is 2. The summed E-state index contributed by atoms with van der Waals surface area (Å²) in [6, 6.07) is 22.7. The molecule has 0 aliphatic carbocycles. The zero-order chi connectivity index (χ0) is 26.1. The summed E-state index contributed by atoms with van der Waals surface area (Å²) < 4.78 is 2.45. The standard InChI is InChI=1S/C31H35N4O2.BrH/c1-32(2)24-15-13-22-19-23-14-16-25(33(3)4)21-29(23)34(28(22)20-24)17-9-5-6-10-18-35-30(36)26-11-7-8-12-27(26)31(35)37;/h7-8,11-16,19-21H,5-6,9-10,17-18H2,1-4H3;1H/q+1;/p-1. The molecule has 4 aromatic rings. The van der Waals surface area contributed by atoms with E-state index in [-0.39, 0.29) is 28.8 Å². The van der Waals surface area contributed by atoms with Crippen molar-refractivity contribution in [1.82, 2.24) is 4.90 Å². The third-order valence-electron chi connectivity index (χ3n) is 7.35. The molecule has 198 valence electrons. The van der Waals surface area contributed by atoms with Gasteiger partial charge in [-0.25, -0.2) is 0 Å². The number of aromatic nitrogens is 1. The lowest BCUT2D eigenvalue weighted by atomic mass is 10.1. The number of imide groups is 1. The normalized spacial score (nSPS) is 12.7. The van der Waals surface area contributed by atoms with Crippen molar-refractivity contribution in [3.05, 3.63) is 77.9 Å².